The van der Waals surface area contributed by atoms with Gasteiger partial charge in [-0.1, -0.05) is 87.9 Å². The van der Waals surface area contributed by atoms with E-state index in [1.807, 2.05) is 11.3 Å². The third-order valence-electron chi connectivity index (χ3n) is 11.4. The molecule has 2 nitrogen and oxygen atoms in total. The van der Waals surface area contributed by atoms with E-state index in [1.165, 1.54) is 101 Å². The number of thiophene rings is 1. The first kappa shape index (κ1) is 28.9. The molecule has 0 bridgehead atoms. The molecule has 1 aliphatic carbocycles. The molecule has 0 spiro atoms. The first-order valence-corrected chi connectivity index (χ1v) is 17.9. The molecule has 232 valence electrons. The Balaban J connectivity index is 1.45. The normalized spacial score (nSPS) is 16.9. The van der Waals surface area contributed by atoms with Crippen LogP contribution in [0.2, 0.25) is 0 Å². The van der Waals surface area contributed by atoms with Crippen molar-refractivity contribution < 1.29 is 0 Å². The Morgan fingerprint density at radius 2 is 1.26 bits per heavy atom. The van der Waals surface area contributed by atoms with Gasteiger partial charge in [0.25, 0.3) is 6.71 Å². The Morgan fingerprint density at radius 1 is 0.617 bits per heavy atom. The summed E-state index contributed by atoms with van der Waals surface area (Å²) in [6.07, 6.45) is 2.40. The van der Waals surface area contributed by atoms with E-state index in [0.29, 0.717) is 0 Å². The maximum atomic E-state index is 2.65. The number of aryl methyl sites for hydroxylation is 3. The van der Waals surface area contributed by atoms with Crippen molar-refractivity contribution in [2.24, 2.45) is 0 Å². The average Bonchev–Trinajstić information content (AvgIpc) is 3.42. The third-order valence-corrected chi connectivity index (χ3v) is 12.6. The van der Waals surface area contributed by atoms with Gasteiger partial charge in [-0.05, 0) is 120 Å². The molecule has 3 heterocycles. The molecule has 0 amide bonds. The smallest absolute Gasteiger partial charge is 0.264 e. The summed E-state index contributed by atoms with van der Waals surface area (Å²) in [7, 11) is 0. The minimum absolute atomic E-state index is 0.116. The van der Waals surface area contributed by atoms with Crippen molar-refractivity contribution in [2.45, 2.75) is 72.1 Å². The van der Waals surface area contributed by atoms with Gasteiger partial charge in [0, 0.05) is 37.6 Å². The van der Waals surface area contributed by atoms with Gasteiger partial charge in [0.2, 0.25) is 0 Å². The Labute approximate surface area is 283 Å². The molecule has 3 aliphatic rings. The zero-order valence-electron chi connectivity index (χ0n) is 28.5. The predicted octanol–water partition coefficient (Wildman–Crippen LogP) is 10.3. The number of nitrogens with zero attached hydrogens (tertiary/aromatic N) is 2. The van der Waals surface area contributed by atoms with Crippen LogP contribution in [0.5, 0.6) is 0 Å². The number of para-hydroxylation sites is 2. The highest BCUT2D eigenvalue weighted by Crippen LogP contribution is 2.52. The highest BCUT2D eigenvalue weighted by Gasteiger charge is 2.47. The van der Waals surface area contributed by atoms with Crippen LogP contribution >= 0.6 is 11.3 Å². The topological polar surface area (TPSA) is 6.48 Å². The SMILES string of the molecule is Cc1ccc2sc3c(c2c1)N(c1ccccc1)c1cccc2c1B3c1cc3c(cc1N2c1c(C)cccc1C)C(C)(C)CCC3(C)C. The van der Waals surface area contributed by atoms with E-state index in [0.717, 1.165) is 0 Å². The molecular weight excluding hydrogens is 587 g/mol. The first-order chi connectivity index (χ1) is 22.5. The van der Waals surface area contributed by atoms with Gasteiger partial charge in [-0.25, -0.2) is 0 Å². The van der Waals surface area contributed by atoms with Crippen LogP contribution in [0, 0.1) is 20.8 Å². The fourth-order valence-electron chi connectivity index (χ4n) is 8.84. The lowest BCUT2D eigenvalue weighted by Crippen LogP contribution is -2.61. The summed E-state index contributed by atoms with van der Waals surface area (Å²) in [6, 6.07) is 37.0. The van der Waals surface area contributed by atoms with Crippen LogP contribution in [0.3, 0.4) is 0 Å². The second-order valence-corrected chi connectivity index (χ2v) is 16.5. The summed E-state index contributed by atoms with van der Waals surface area (Å²) in [6.45, 7) is 16.8. The fourth-order valence-corrected chi connectivity index (χ4v) is 10.1. The van der Waals surface area contributed by atoms with Crippen LogP contribution in [-0.2, 0) is 10.8 Å². The monoisotopic (exact) mass is 628 g/mol. The molecular formula is C43H41BN2S. The van der Waals surface area contributed by atoms with Crippen LogP contribution in [0.1, 0.15) is 68.4 Å². The second kappa shape index (κ2) is 9.87. The van der Waals surface area contributed by atoms with Gasteiger partial charge in [0.1, 0.15) is 0 Å². The summed E-state index contributed by atoms with van der Waals surface area (Å²) in [5, 5.41) is 1.35. The number of anilines is 6. The van der Waals surface area contributed by atoms with Crippen LogP contribution < -0.4 is 25.5 Å². The zero-order chi connectivity index (χ0) is 32.4. The molecule has 47 heavy (non-hydrogen) atoms. The molecule has 6 aromatic rings. The molecule has 2 aliphatic heterocycles. The Morgan fingerprint density at radius 3 is 1.96 bits per heavy atom. The molecule has 0 N–H and O–H groups in total. The van der Waals surface area contributed by atoms with Crippen molar-refractivity contribution >= 4 is 78.0 Å². The van der Waals surface area contributed by atoms with Gasteiger partial charge in [-0.2, -0.15) is 0 Å². The summed E-state index contributed by atoms with van der Waals surface area (Å²) >= 11 is 1.99. The van der Waals surface area contributed by atoms with E-state index < -0.39 is 0 Å². The maximum absolute atomic E-state index is 2.65. The van der Waals surface area contributed by atoms with Crippen molar-refractivity contribution in [3.63, 3.8) is 0 Å². The summed E-state index contributed by atoms with van der Waals surface area (Å²) in [5.41, 5.74) is 17.8. The van der Waals surface area contributed by atoms with Crippen LogP contribution in [0.4, 0.5) is 34.1 Å². The van der Waals surface area contributed by atoms with E-state index >= 15 is 0 Å². The molecule has 0 atom stereocenters. The fraction of sp³-hybridized carbons (Fsp3) is 0.256. The van der Waals surface area contributed by atoms with E-state index in [2.05, 4.69) is 155 Å². The van der Waals surface area contributed by atoms with Crippen molar-refractivity contribution in [3.8, 4) is 0 Å². The average molecular weight is 629 g/mol. The number of hydrogen-bond acceptors (Lipinski definition) is 3. The zero-order valence-corrected chi connectivity index (χ0v) is 29.3. The Hall–Kier alpha value is -4.28. The summed E-state index contributed by atoms with van der Waals surface area (Å²) in [4.78, 5) is 5.18. The predicted molar refractivity (Wildman–Crippen MR) is 205 cm³/mol. The van der Waals surface area contributed by atoms with Crippen molar-refractivity contribution in [1.29, 1.82) is 0 Å². The van der Waals surface area contributed by atoms with Crippen LogP contribution in [-0.4, -0.2) is 6.71 Å². The summed E-state index contributed by atoms with van der Waals surface area (Å²) < 4.78 is 2.80. The molecule has 0 unspecified atom stereocenters. The molecule has 4 heteroatoms. The first-order valence-electron chi connectivity index (χ1n) is 17.1. The number of benzene rings is 5. The van der Waals surface area contributed by atoms with Gasteiger partial charge in [-0.15, -0.1) is 11.3 Å². The number of rotatable bonds is 2. The minimum atomic E-state index is 0.116. The van der Waals surface area contributed by atoms with E-state index in [1.54, 1.807) is 0 Å². The van der Waals surface area contributed by atoms with Gasteiger partial charge < -0.3 is 9.80 Å². The molecule has 0 saturated carbocycles. The lowest BCUT2D eigenvalue weighted by Gasteiger charge is -2.47. The molecule has 0 fully saturated rings. The highest BCUT2D eigenvalue weighted by molar-refractivity contribution is 7.33. The quantitative estimate of drug-likeness (QED) is 0.176. The van der Waals surface area contributed by atoms with E-state index in [4.69, 9.17) is 0 Å². The van der Waals surface area contributed by atoms with Crippen molar-refractivity contribution in [2.75, 3.05) is 9.80 Å². The van der Waals surface area contributed by atoms with Gasteiger partial charge >= 0.3 is 0 Å². The number of hydrogen-bond donors (Lipinski definition) is 0. The van der Waals surface area contributed by atoms with E-state index in [9.17, 15) is 0 Å². The van der Waals surface area contributed by atoms with Crippen molar-refractivity contribution in [1.82, 2.24) is 0 Å². The molecule has 9 rings (SSSR count). The largest absolute Gasteiger partial charge is 0.311 e. The standard InChI is InChI=1S/C43H41BN2S/c1-26-19-20-37-30(23-26)40-41(47-37)44-33-24-31-32(43(6,7)22-21-42(31,4)5)25-36(33)46(39-27(2)13-11-14-28(39)3)35-18-12-17-34(38(35)44)45(40)29-15-9-8-10-16-29/h8-20,23-25H,21-22H2,1-7H3. The lowest BCUT2D eigenvalue weighted by atomic mass is 9.35. The lowest BCUT2D eigenvalue weighted by molar-refractivity contribution is 0.332. The molecule has 0 radical (unpaired) electrons. The molecule has 5 aromatic carbocycles. The van der Waals surface area contributed by atoms with E-state index in [-0.39, 0.29) is 17.5 Å². The molecule has 0 saturated heterocycles. The van der Waals surface area contributed by atoms with Crippen molar-refractivity contribution in [3.05, 3.63) is 125 Å². The summed E-state index contributed by atoms with van der Waals surface area (Å²) in [5.74, 6) is 0. The molecule has 1 aromatic heterocycles. The Bertz CT molecular complexity index is 2240. The van der Waals surface area contributed by atoms with Gasteiger partial charge in [0.05, 0.1) is 11.4 Å². The third kappa shape index (κ3) is 4.04. The second-order valence-electron chi connectivity index (χ2n) is 15.4. The van der Waals surface area contributed by atoms with Crippen LogP contribution in [0.25, 0.3) is 10.1 Å². The minimum Gasteiger partial charge on any atom is -0.311 e. The van der Waals surface area contributed by atoms with Gasteiger partial charge in [0.15, 0.2) is 0 Å². The Kier molecular flexibility index (Phi) is 6.07. The number of fused-ring (bicyclic) bond motifs is 7. The van der Waals surface area contributed by atoms with Gasteiger partial charge in [-0.3, -0.25) is 0 Å². The maximum Gasteiger partial charge on any atom is 0.264 e. The highest BCUT2D eigenvalue weighted by atomic mass is 32.1. The van der Waals surface area contributed by atoms with Crippen LogP contribution in [0.15, 0.2) is 97.1 Å².